The zero-order valence-electron chi connectivity index (χ0n) is 26.6. The van der Waals surface area contributed by atoms with Crippen molar-refractivity contribution in [1.29, 1.82) is 0 Å². The van der Waals surface area contributed by atoms with Crippen molar-refractivity contribution in [2.75, 3.05) is 13.7 Å². The second-order valence-electron chi connectivity index (χ2n) is 14.2. The van der Waals surface area contributed by atoms with Crippen molar-refractivity contribution in [3.63, 3.8) is 0 Å². The second kappa shape index (κ2) is 12.8. The van der Waals surface area contributed by atoms with Crippen LogP contribution in [0.3, 0.4) is 0 Å². The molecule has 2 heterocycles. The molecule has 0 bridgehead atoms. The van der Waals surface area contributed by atoms with Crippen molar-refractivity contribution in [3.8, 4) is 5.75 Å². The maximum Gasteiger partial charge on any atom is 0.326 e. The number of likely N-dealkylation sites (tertiary alicyclic amines) is 1. The Morgan fingerprint density at radius 3 is 2.31 bits per heavy atom. The predicted octanol–water partition coefficient (Wildman–Crippen LogP) is 6.36. The van der Waals surface area contributed by atoms with Crippen molar-refractivity contribution in [2.24, 2.45) is 17.3 Å². The van der Waals surface area contributed by atoms with E-state index in [0.717, 1.165) is 36.1 Å². The van der Waals surface area contributed by atoms with Gasteiger partial charge in [-0.05, 0) is 47.3 Å². The van der Waals surface area contributed by atoms with Crippen LogP contribution in [0.1, 0.15) is 90.5 Å². The van der Waals surface area contributed by atoms with E-state index in [0.29, 0.717) is 13.2 Å². The summed E-state index contributed by atoms with van der Waals surface area (Å²) in [6.07, 6.45) is 2.60. The van der Waals surface area contributed by atoms with Crippen molar-refractivity contribution in [1.82, 2.24) is 10.2 Å². The third kappa shape index (κ3) is 6.68. The van der Waals surface area contributed by atoms with Crippen LogP contribution in [-0.2, 0) is 26.3 Å². The molecule has 6 atom stereocenters. The Labute approximate surface area is 252 Å². The molecule has 0 unspecified atom stereocenters. The molecule has 2 aromatic rings. The lowest BCUT2D eigenvalue weighted by Crippen LogP contribution is -2.50. The molecule has 0 spiro atoms. The number of nitrogens with one attached hydrogen (secondary N) is 1. The molecular weight excluding hydrogens is 528 g/mol. The highest BCUT2D eigenvalue weighted by Crippen LogP contribution is 2.49. The molecule has 2 aliphatic rings. The number of carbonyl (C=O) groups is 2. The molecule has 1 amide bonds. The molecule has 2 fully saturated rings. The van der Waals surface area contributed by atoms with Crippen molar-refractivity contribution in [3.05, 3.63) is 65.2 Å². The van der Waals surface area contributed by atoms with Gasteiger partial charge in [0, 0.05) is 30.7 Å². The van der Waals surface area contributed by atoms with E-state index in [1.54, 1.807) is 12.0 Å². The quantitative estimate of drug-likeness (QED) is 0.379. The minimum absolute atomic E-state index is 0.0378. The SMILES string of the molecule is COc1ccc(C(C)(C)C)cc1CN[C@H]1[C@H](C(C)(C)C)[C@@H](C(=O)O)N(C(=O)[C@H](C)[C@@H]2CCCCO2)[C@H]1c1ccccc1. The minimum atomic E-state index is -0.992. The number of amides is 1. The monoisotopic (exact) mass is 578 g/mol. The first-order valence-corrected chi connectivity index (χ1v) is 15.4. The number of carbonyl (C=O) groups excluding carboxylic acids is 1. The van der Waals surface area contributed by atoms with Crippen LogP contribution in [-0.4, -0.2) is 53.8 Å². The molecule has 0 radical (unpaired) electrons. The molecule has 7 nitrogen and oxygen atoms in total. The Morgan fingerprint density at radius 2 is 1.76 bits per heavy atom. The van der Waals surface area contributed by atoms with Crippen molar-refractivity contribution >= 4 is 11.9 Å². The second-order valence-corrected chi connectivity index (χ2v) is 14.2. The Bertz CT molecular complexity index is 1230. The number of methoxy groups -OCH3 is 1. The van der Waals surface area contributed by atoms with Gasteiger partial charge in [-0.2, -0.15) is 0 Å². The van der Waals surface area contributed by atoms with Gasteiger partial charge >= 0.3 is 5.97 Å². The average molecular weight is 579 g/mol. The summed E-state index contributed by atoms with van der Waals surface area (Å²) in [5.41, 5.74) is 2.67. The number of benzene rings is 2. The van der Waals surface area contributed by atoms with Gasteiger partial charge in [0.25, 0.3) is 0 Å². The molecule has 2 aliphatic heterocycles. The number of rotatable bonds is 8. The standard InChI is InChI=1S/C35H50N2O5/c1-22(26-16-12-13-19-42-26)32(38)37-30(23-14-10-9-11-15-23)29(28(35(5,6)7)31(37)33(39)40)36-21-24-20-25(34(2,3)4)17-18-27(24)41-8/h9-11,14-15,17-18,20,22,26,28-31,36H,12-13,16,19,21H2,1-8H3,(H,39,40)/t22-,26+,28+,29+,30+,31+/m1/s1. The molecule has 0 aromatic heterocycles. The van der Waals surface area contributed by atoms with Crippen LogP contribution in [0.5, 0.6) is 5.75 Å². The van der Waals surface area contributed by atoms with Gasteiger partial charge in [0.1, 0.15) is 11.8 Å². The largest absolute Gasteiger partial charge is 0.496 e. The average Bonchev–Trinajstić information content (AvgIpc) is 3.31. The number of carboxylic acids is 1. The normalized spacial score (nSPS) is 25.7. The van der Waals surface area contributed by atoms with Crippen LogP contribution < -0.4 is 10.1 Å². The molecule has 7 heteroatoms. The van der Waals surface area contributed by atoms with Gasteiger partial charge in [0.15, 0.2) is 0 Å². The molecule has 2 N–H and O–H groups in total. The van der Waals surface area contributed by atoms with E-state index >= 15 is 0 Å². The van der Waals surface area contributed by atoms with Crippen LogP contribution in [0.2, 0.25) is 0 Å². The number of hydrogen-bond acceptors (Lipinski definition) is 5. The maximum atomic E-state index is 14.4. The predicted molar refractivity (Wildman–Crippen MR) is 165 cm³/mol. The Balaban J connectivity index is 1.80. The fraction of sp³-hybridized carbons (Fsp3) is 0.600. The molecule has 230 valence electrons. The number of carboxylic acid groups (broad SMARTS) is 1. The first-order chi connectivity index (χ1) is 19.8. The number of aliphatic carboxylic acids is 1. The minimum Gasteiger partial charge on any atom is -0.496 e. The summed E-state index contributed by atoms with van der Waals surface area (Å²) in [4.78, 5) is 29.3. The van der Waals surface area contributed by atoms with E-state index in [1.807, 2.05) is 43.3 Å². The Morgan fingerprint density at radius 1 is 1.07 bits per heavy atom. The summed E-state index contributed by atoms with van der Waals surface area (Å²) in [6, 6.07) is 14.4. The lowest BCUT2D eigenvalue weighted by molar-refractivity contribution is -0.157. The summed E-state index contributed by atoms with van der Waals surface area (Å²) in [7, 11) is 1.67. The van der Waals surface area contributed by atoms with Crippen LogP contribution in [0.15, 0.2) is 48.5 Å². The van der Waals surface area contributed by atoms with Crippen LogP contribution >= 0.6 is 0 Å². The number of ether oxygens (including phenoxy) is 2. The van der Waals surface area contributed by atoms with Crippen LogP contribution in [0.4, 0.5) is 0 Å². The molecule has 4 rings (SSSR count). The topological polar surface area (TPSA) is 88.1 Å². The third-order valence-electron chi connectivity index (χ3n) is 9.15. The maximum absolute atomic E-state index is 14.4. The van der Waals surface area contributed by atoms with Gasteiger partial charge in [-0.3, -0.25) is 4.79 Å². The lowest BCUT2D eigenvalue weighted by atomic mass is 9.72. The van der Waals surface area contributed by atoms with Crippen molar-refractivity contribution in [2.45, 2.75) is 104 Å². The summed E-state index contributed by atoms with van der Waals surface area (Å²) >= 11 is 0. The van der Waals surface area contributed by atoms with E-state index in [1.165, 1.54) is 5.56 Å². The van der Waals surface area contributed by atoms with E-state index in [9.17, 15) is 14.7 Å². The highest BCUT2D eigenvalue weighted by Gasteiger charge is 2.58. The van der Waals surface area contributed by atoms with Gasteiger partial charge in [0.05, 0.1) is 25.2 Å². The molecule has 2 saturated heterocycles. The smallest absolute Gasteiger partial charge is 0.326 e. The Kier molecular flexibility index (Phi) is 9.73. The Hall–Kier alpha value is -2.90. The van der Waals surface area contributed by atoms with Gasteiger partial charge < -0.3 is 24.8 Å². The first kappa shape index (κ1) is 32.0. The number of nitrogens with zero attached hydrogens (tertiary/aromatic N) is 1. The van der Waals surface area contributed by atoms with Crippen molar-refractivity contribution < 1.29 is 24.2 Å². The summed E-state index contributed by atoms with van der Waals surface area (Å²) in [5.74, 6) is -1.16. The zero-order valence-corrected chi connectivity index (χ0v) is 26.6. The summed E-state index contributed by atoms with van der Waals surface area (Å²) < 4.78 is 11.8. The number of hydrogen-bond donors (Lipinski definition) is 2. The van der Waals surface area contributed by atoms with Crippen LogP contribution in [0, 0.1) is 17.3 Å². The molecule has 0 aliphatic carbocycles. The zero-order chi connectivity index (χ0) is 30.8. The highest BCUT2D eigenvalue weighted by atomic mass is 16.5. The fourth-order valence-corrected chi connectivity index (χ4v) is 6.89. The van der Waals surface area contributed by atoms with E-state index in [4.69, 9.17) is 9.47 Å². The van der Waals surface area contributed by atoms with E-state index in [-0.39, 0.29) is 29.4 Å². The fourth-order valence-electron chi connectivity index (χ4n) is 6.89. The molecule has 42 heavy (non-hydrogen) atoms. The molecule has 0 saturated carbocycles. The van der Waals surface area contributed by atoms with Gasteiger partial charge in [-0.1, -0.05) is 90.9 Å². The lowest BCUT2D eigenvalue weighted by Gasteiger charge is -2.36. The summed E-state index contributed by atoms with van der Waals surface area (Å²) in [5, 5.41) is 14.5. The molecule has 2 aromatic carbocycles. The van der Waals surface area contributed by atoms with Crippen LogP contribution in [0.25, 0.3) is 0 Å². The summed E-state index contributed by atoms with van der Waals surface area (Å²) in [6.45, 7) is 15.8. The molecular formula is C35H50N2O5. The first-order valence-electron chi connectivity index (χ1n) is 15.4. The van der Waals surface area contributed by atoms with E-state index < -0.39 is 29.4 Å². The highest BCUT2D eigenvalue weighted by molar-refractivity contribution is 5.87. The van der Waals surface area contributed by atoms with Gasteiger partial charge in [0.2, 0.25) is 5.91 Å². The van der Waals surface area contributed by atoms with E-state index in [2.05, 4.69) is 59.0 Å². The third-order valence-corrected chi connectivity index (χ3v) is 9.15. The van der Waals surface area contributed by atoms with Gasteiger partial charge in [-0.25, -0.2) is 4.79 Å². The van der Waals surface area contributed by atoms with Gasteiger partial charge in [-0.15, -0.1) is 0 Å².